The maximum atomic E-state index is 5.85. The van der Waals surface area contributed by atoms with Crippen molar-refractivity contribution in [1.82, 2.24) is 9.97 Å². The monoisotopic (exact) mass is 269 g/mol. The third kappa shape index (κ3) is 3.57. The minimum Gasteiger partial charge on any atom is -0.438 e. The first-order valence-corrected chi connectivity index (χ1v) is 6.76. The number of aromatic nitrogens is 2. The van der Waals surface area contributed by atoms with Crippen LogP contribution in [0.5, 0.6) is 11.6 Å². The molecule has 0 spiro atoms. The van der Waals surface area contributed by atoms with Crippen LogP contribution in [0.15, 0.2) is 36.4 Å². The van der Waals surface area contributed by atoms with Gasteiger partial charge in [-0.3, -0.25) is 0 Å². The predicted octanol–water partition coefficient (Wildman–Crippen LogP) is 3.84. The molecular formula is C16H19N3O. The molecular weight excluding hydrogens is 250 g/mol. The zero-order valence-corrected chi connectivity index (χ0v) is 11.8. The van der Waals surface area contributed by atoms with Crippen molar-refractivity contribution in [3.8, 4) is 11.6 Å². The van der Waals surface area contributed by atoms with Gasteiger partial charge in [0.25, 0.3) is 0 Å². The van der Waals surface area contributed by atoms with Crippen molar-refractivity contribution in [3.63, 3.8) is 0 Å². The Morgan fingerprint density at radius 3 is 2.80 bits per heavy atom. The molecule has 1 heterocycles. The summed E-state index contributed by atoms with van der Waals surface area (Å²) in [6.45, 7) is 4.05. The van der Waals surface area contributed by atoms with Crippen LogP contribution in [0.1, 0.15) is 31.7 Å². The lowest BCUT2D eigenvalue weighted by Crippen LogP contribution is -2.01. The van der Waals surface area contributed by atoms with Crippen LogP contribution in [0.2, 0.25) is 0 Å². The number of rotatable bonds is 5. The van der Waals surface area contributed by atoms with Crippen molar-refractivity contribution in [2.75, 3.05) is 5.73 Å². The van der Waals surface area contributed by atoms with Crippen LogP contribution in [-0.4, -0.2) is 9.97 Å². The molecule has 4 heteroatoms. The van der Waals surface area contributed by atoms with Gasteiger partial charge in [-0.2, -0.15) is 4.98 Å². The summed E-state index contributed by atoms with van der Waals surface area (Å²) < 4.78 is 5.85. The molecule has 104 valence electrons. The molecule has 0 amide bonds. The van der Waals surface area contributed by atoms with Crippen molar-refractivity contribution in [1.29, 1.82) is 0 Å². The summed E-state index contributed by atoms with van der Waals surface area (Å²) in [7, 11) is 0. The van der Waals surface area contributed by atoms with Gasteiger partial charge in [-0.15, -0.1) is 0 Å². The van der Waals surface area contributed by atoms with E-state index in [1.54, 1.807) is 6.07 Å². The molecule has 0 fully saturated rings. The van der Waals surface area contributed by atoms with Crippen LogP contribution in [-0.2, 0) is 6.42 Å². The fraction of sp³-hybridized carbons (Fsp3) is 0.250. The SMILES string of the molecule is C/C=C/c1ccccc1Oc1cc(N)nc(CCC)n1. The average Bonchev–Trinajstić information content (AvgIpc) is 2.41. The normalized spacial score (nSPS) is 10.9. The van der Waals surface area contributed by atoms with Crippen molar-refractivity contribution in [2.24, 2.45) is 0 Å². The number of anilines is 1. The molecule has 0 aliphatic heterocycles. The van der Waals surface area contributed by atoms with E-state index >= 15 is 0 Å². The lowest BCUT2D eigenvalue weighted by molar-refractivity contribution is 0.458. The average molecular weight is 269 g/mol. The number of aryl methyl sites for hydroxylation is 1. The fourth-order valence-corrected chi connectivity index (χ4v) is 1.88. The van der Waals surface area contributed by atoms with Gasteiger partial charge < -0.3 is 10.5 Å². The van der Waals surface area contributed by atoms with E-state index in [0.29, 0.717) is 17.5 Å². The van der Waals surface area contributed by atoms with Gasteiger partial charge in [0, 0.05) is 18.1 Å². The number of nitrogen functional groups attached to an aromatic ring is 1. The van der Waals surface area contributed by atoms with Gasteiger partial charge in [0.05, 0.1) is 0 Å². The number of benzene rings is 1. The number of hydrogen-bond acceptors (Lipinski definition) is 4. The number of allylic oxidation sites excluding steroid dienone is 1. The molecule has 0 aliphatic rings. The van der Waals surface area contributed by atoms with Crippen LogP contribution in [0.3, 0.4) is 0 Å². The lowest BCUT2D eigenvalue weighted by Gasteiger charge is -2.09. The zero-order valence-electron chi connectivity index (χ0n) is 11.8. The van der Waals surface area contributed by atoms with E-state index in [4.69, 9.17) is 10.5 Å². The van der Waals surface area contributed by atoms with Crippen LogP contribution in [0.4, 0.5) is 5.82 Å². The third-order valence-corrected chi connectivity index (χ3v) is 2.72. The molecule has 0 saturated heterocycles. The first-order chi connectivity index (χ1) is 9.72. The smallest absolute Gasteiger partial charge is 0.224 e. The van der Waals surface area contributed by atoms with Crippen molar-refractivity contribution in [3.05, 3.63) is 47.8 Å². The maximum Gasteiger partial charge on any atom is 0.224 e. The molecule has 0 saturated carbocycles. The Hall–Kier alpha value is -2.36. The number of para-hydroxylation sites is 1. The van der Waals surface area contributed by atoms with E-state index in [2.05, 4.69) is 16.9 Å². The summed E-state index contributed by atoms with van der Waals surface area (Å²) in [6, 6.07) is 9.45. The summed E-state index contributed by atoms with van der Waals surface area (Å²) in [6.07, 6.45) is 5.72. The summed E-state index contributed by atoms with van der Waals surface area (Å²) in [5.41, 5.74) is 6.80. The van der Waals surface area contributed by atoms with Crippen LogP contribution >= 0.6 is 0 Å². The van der Waals surface area contributed by atoms with Gasteiger partial charge in [-0.1, -0.05) is 37.3 Å². The highest BCUT2D eigenvalue weighted by Gasteiger charge is 2.06. The van der Waals surface area contributed by atoms with E-state index in [-0.39, 0.29) is 0 Å². The molecule has 2 rings (SSSR count). The minimum absolute atomic E-state index is 0.432. The van der Waals surface area contributed by atoms with E-state index in [1.807, 2.05) is 43.3 Å². The second-order valence-electron chi connectivity index (χ2n) is 4.44. The predicted molar refractivity (Wildman–Crippen MR) is 81.7 cm³/mol. The summed E-state index contributed by atoms with van der Waals surface area (Å²) >= 11 is 0. The standard InChI is InChI=1S/C16H19N3O/c1-3-7-12-9-5-6-10-13(12)20-16-11-14(17)18-15(19-16)8-4-2/h3,5-7,9-11H,4,8H2,1-2H3,(H2,17,18,19)/b7-3+. The highest BCUT2D eigenvalue weighted by molar-refractivity contribution is 5.57. The molecule has 2 aromatic rings. The summed E-state index contributed by atoms with van der Waals surface area (Å²) in [5, 5.41) is 0. The van der Waals surface area contributed by atoms with Crippen LogP contribution in [0.25, 0.3) is 6.08 Å². The van der Waals surface area contributed by atoms with Gasteiger partial charge in [-0.25, -0.2) is 4.98 Å². The van der Waals surface area contributed by atoms with Crippen molar-refractivity contribution >= 4 is 11.9 Å². The number of nitrogens with zero attached hydrogens (tertiary/aromatic N) is 2. The molecule has 0 aliphatic carbocycles. The molecule has 1 aromatic carbocycles. The molecule has 0 atom stereocenters. The fourth-order valence-electron chi connectivity index (χ4n) is 1.88. The van der Waals surface area contributed by atoms with Gasteiger partial charge in [0.15, 0.2) is 0 Å². The van der Waals surface area contributed by atoms with Gasteiger partial charge in [0.1, 0.15) is 17.4 Å². The molecule has 0 bridgehead atoms. The summed E-state index contributed by atoms with van der Waals surface area (Å²) in [4.78, 5) is 8.58. The van der Waals surface area contributed by atoms with Crippen LogP contribution < -0.4 is 10.5 Å². The molecule has 0 unspecified atom stereocenters. The Balaban J connectivity index is 2.30. The maximum absolute atomic E-state index is 5.85. The van der Waals surface area contributed by atoms with Gasteiger partial charge in [-0.05, 0) is 19.4 Å². The zero-order chi connectivity index (χ0) is 14.4. The van der Waals surface area contributed by atoms with E-state index in [0.717, 1.165) is 24.2 Å². The van der Waals surface area contributed by atoms with Gasteiger partial charge in [0.2, 0.25) is 5.88 Å². The van der Waals surface area contributed by atoms with Gasteiger partial charge >= 0.3 is 0 Å². The molecule has 1 aromatic heterocycles. The Morgan fingerprint density at radius 2 is 2.05 bits per heavy atom. The quantitative estimate of drug-likeness (QED) is 0.896. The van der Waals surface area contributed by atoms with Crippen molar-refractivity contribution in [2.45, 2.75) is 26.7 Å². The molecule has 4 nitrogen and oxygen atoms in total. The largest absolute Gasteiger partial charge is 0.438 e. The highest BCUT2D eigenvalue weighted by Crippen LogP contribution is 2.25. The third-order valence-electron chi connectivity index (χ3n) is 2.72. The highest BCUT2D eigenvalue weighted by atomic mass is 16.5. The Labute approximate surface area is 119 Å². The molecule has 20 heavy (non-hydrogen) atoms. The first kappa shape index (κ1) is 14.1. The minimum atomic E-state index is 0.432. The van der Waals surface area contributed by atoms with Crippen molar-refractivity contribution < 1.29 is 4.74 Å². The van der Waals surface area contributed by atoms with E-state index < -0.39 is 0 Å². The Morgan fingerprint density at radius 1 is 1.25 bits per heavy atom. The Bertz CT molecular complexity index is 608. The number of ether oxygens (including phenoxy) is 1. The van der Waals surface area contributed by atoms with E-state index in [1.165, 1.54) is 0 Å². The Kier molecular flexibility index (Phi) is 4.71. The van der Waals surface area contributed by atoms with Crippen LogP contribution in [0, 0.1) is 0 Å². The summed E-state index contributed by atoms with van der Waals surface area (Å²) in [5.74, 6) is 2.39. The topological polar surface area (TPSA) is 61.0 Å². The van der Waals surface area contributed by atoms with E-state index in [9.17, 15) is 0 Å². The second-order valence-corrected chi connectivity index (χ2v) is 4.44. The number of nitrogens with two attached hydrogens (primary N) is 1. The first-order valence-electron chi connectivity index (χ1n) is 6.76. The lowest BCUT2D eigenvalue weighted by atomic mass is 10.2. The second kappa shape index (κ2) is 6.70. The number of hydrogen-bond donors (Lipinski definition) is 1. The molecule has 2 N–H and O–H groups in total. The molecule has 0 radical (unpaired) electrons.